The zero-order valence-corrected chi connectivity index (χ0v) is 14.3. The molecule has 1 heterocycles. The van der Waals surface area contributed by atoms with E-state index in [0.717, 1.165) is 37.5 Å². The van der Waals surface area contributed by atoms with E-state index in [9.17, 15) is 0 Å². The molecule has 0 spiro atoms. The van der Waals surface area contributed by atoms with Crippen molar-refractivity contribution in [3.05, 3.63) is 69.1 Å². The molecule has 4 aromatic rings. The first-order valence-electron chi connectivity index (χ1n) is 6.70. The molecule has 4 heteroatoms. The summed E-state index contributed by atoms with van der Waals surface area (Å²) in [5.74, 6) is 0. The maximum atomic E-state index is 6.17. The van der Waals surface area contributed by atoms with Gasteiger partial charge >= 0.3 is 0 Å². The van der Waals surface area contributed by atoms with E-state index in [1.54, 1.807) is 0 Å². The lowest BCUT2D eigenvalue weighted by atomic mass is 10.0. The number of rotatable bonds is 1. The van der Waals surface area contributed by atoms with Crippen LogP contribution in [0.5, 0.6) is 0 Å². The molecule has 108 valence electrons. The lowest BCUT2D eigenvalue weighted by Crippen LogP contribution is -1.80. The van der Waals surface area contributed by atoms with Crippen molar-refractivity contribution in [3.8, 4) is 11.1 Å². The van der Waals surface area contributed by atoms with Gasteiger partial charge in [-0.15, -0.1) is 0 Å². The molecule has 0 saturated heterocycles. The fraction of sp³-hybridized carbons (Fsp3) is 0. The second-order valence-electron chi connectivity index (χ2n) is 5.06. The lowest BCUT2D eigenvalue weighted by molar-refractivity contribution is 0.669. The average Bonchev–Trinajstić information content (AvgIpc) is 2.89. The summed E-state index contributed by atoms with van der Waals surface area (Å²) in [5.41, 5.74) is 3.78. The van der Waals surface area contributed by atoms with Crippen LogP contribution in [0.1, 0.15) is 0 Å². The predicted molar refractivity (Wildman–Crippen MR) is 96.9 cm³/mol. The van der Waals surface area contributed by atoms with E-state index in [4.69, 9.17) is 27.6 Å². The summed E-state index contributed by atoms with van der Waals surface area (Å²) in [5, 5.41) is 3.28. The number of hydrogen-bond donors (Lipinski definition) is 0. The van der Waals surface area contributed by atoms with Crippen LogP contribution in [0.3, 0.4) is 0 Å². The Labute approximate surface area is 145 Å². The van der Waals surface area contributed by atoms with Crippen LogP contribution < -0.4 is 0 Å². The number of benzene rings is 3. The molecule has 0 atom stereocenters. The number of furan rings is 1. The summed E-state index contributed by atoms with van der Waals surface area (Å²) >= 11 is 15.7. The summed E-state index contributed by atoms with van der Waals surface area (Å²) in [6.45, 7) is 0. The summed E-state index contributed by atoms with van der Waals surface area (Å²) in [7, 11) is 0. The Hall–Kier alpha value is -1.48. The molecule has 1 nitrogen and oxygen atoms in total. The summed E-state index contributed by atoms with van der Waals surface area (Å²) < 4.78 is 6.71. The highest BCUT2D eigenvalue weighted by molar-refractivity contribution is 9.10. The van der Waals surface area contributed by atoms with Crippen molar-refractivity contribution in [2.24, 2.45) is 0 Å². The molecule has 0 unspecified atom stereocenters. The normalized spacial score (nSPS) is 11.4. The topological polar surface area (TPSA) is 13.1 Å². The maximum Gasteiger partial charge on any atom is 0.136 e. The summed E-state index contributed by atoms with van der Waals surface area (Å²) in [6.07, 6.45) is 0. The third-order valence-corrected chi connectivity index (χ3v) is 5.35. The molecule has 3 aromatic carbocycles. The minimum atomic E-state index is 0.523. The monoisotopic (exact) mass is 390 g/mol. The van der Waals surface area contributed by atoms with E-state index < -0.39 is 0 Å². The maximum absolute atomic E-state index is 6.17. The number of hydrogen-bond acceptors (Lipinski definition) is 1. The standard InChI is InChI=1S/C18H9BrCl2O/c19-14-7-11(8-15(20)18(14)21)10-5-6-13-12-3-1-2-4-16(12)22-17(13)9-10/h1-9H. The number of halogens is 3. The van der Waals surface area contributed by atoms with Gasteiger partial charge in [-0.25, -0.2) is 0 Å². The quantitative estimate of drug-likeness (QED) is 0.309. The molecule has 0 radical (unpaired) electrons. The zero-order chi connectivity index (χ0) is 15.3. The summed E-state index contributed by atoms with van der Waals surface area (Å²) in [4.78, 5) is 0. The Bertz CT molecular complexity index is 997. The molecule has 0 aliphatic heterocycles. The van der Waals surface area contributed by atoms with Gasteiger partial charge in [-0.3, -0.25) is 0 Å². The first-order valence-corrected chi connectivity index (χ1v) is 8.24. The molecule has 4 rings (SSSR count). The SMILES string of the molecule is Clc1cc(-c2ccc3c(c2)oc2ccccc23)cc(Br)c1Cl. The van der Waals surface area contributed by atoms with E-state index in [1.807, 2.05) is 36.4 Å². The third kappa shape index (κ3) is 2.23. The van der Waals surface area contributed by atoms with E-state index in [-0.39, 0.29) is 0 Å². The highest BCUT2D eigenvalue weighted by Crippen LogP contribution is 2.37. The van der Waals surface area contributed by atoms with Crippen molar-refractivity contribution in [2.75, 3.05) is 0 Å². The van der Waals surface area contributed by atoms with Crippen LogP contribution in [0.15, 0.2) is 63.5 Å². The molecule has 0 aliphatic carbocycles. The van der Waals surface area contributed by atoms with Gasteiger partial charge in [0, 0.05) is 15.2 Å². The minimum Gasteiger partial charge on any atom is -0.456 e. The average molecular weight is 392 g/mol. The van der Waals surface area contributed by atoms with E-state index in [1.165, 1.54) is 0 Å². The number of fused-ring (bicyclic) bond motifs is 3. The second-order valence-corrected chi connectivity index (χ2v) is 6.70. The van der Waals surface area contributed by atoms with Gasteiger partial charge in [0.2, 0.25) is 0 Å². The molecule has 0 fully saturated rings. The second kappa shape index (κ2) is 5.31. The van der Waals surface area contributed by atoms with Gasteiger partial charge in [0.05, 0.1) is 10.0 Å². The van der Waals surface area contributed by atoms with Gasteiger partial charge in [-0.1, -0.05) is 47.5 Å². The Morgan fingerprint density at radius 2 is 1.55 bits per heavy atom. The Kier molecular flexibility index (Phi) is 3.41. The van der Waals surface area contributed by atoms with Gasteiger partial charge in [-0.05, 0) is 57.4 Å². The lowest BCUT2D eigenvalue weighted by Gasteiger charge is -2.06. The number of para-hydroxylation sites is 1. The van der Waals surface area contributed by atoms with Crippen molar-refractivity contribution in [1.29, 1.82) is 0 Å². The van der Waals surface area contributed by atoms with Crippen LogP contribution in [0.4, 0.5) is 0 Å². The molecular weight excluding hydrogens is 383 g/mol. The van der Waals surface area contributed by atoms with Crippen molar-refractivity contribution < 1.29 is 4.42 Å². The molecule has 0 aliphatic rings. The molecule has 0 amide bonds. The van der Waals surface area contributed by atoms with Crippen molar-refractivity contribution >= 4 is 61.1 Å². The van der Waals surface area contributed by atoms with E-state index in [2.05, 4.69) is 34.1 Å². The van der Waals surface area contributed by atoms with Crippen LogP contribution in [0.2, 0.25) is 10.0 Å². The molecule has 0 bridgehead atoms. The molecule has 1 aromatic heterocycles. The van der Waals surface area contributed by atoms with Crippen molar-refractivity contribution in [2.45, 2.75) is 0 Å². The molecule has 0 N–H and O–H groups in total. The van der Waals surface area contributed by atoms with Crippen LogP contribution in [-0.4, -0.2) is 0 Å². The fourth-order valence-electron chi connectivity index (χ4n) is 2.63. The highest BCUT2D eigenvalue weighted by atomic mass is 79.9. The third-order valence-electron chi connectivity index (χ3n) is 3.70. The first kappa shape index (κ1) is 14.1. The fourth-order valence-corrected chi connectivity index (χ4v) is 3.53. The van der Waals surface area contributed by atoms with Crippen LogP contribution >= 0.6 is 39.1 Å². The van der Waals surface area contributed by atoms with Crippen LogP contribution in [-0.2, 0) is 0 Å². The smallest absolute Gasteiger partial charge is 0.136 e. The summed E-state index contributed by atoms with van der Waals surface area (Å²) in [6, 6.07) is 18.0. The van der Waals surface area contributed by atoms with Crippen molar-refractivity contribution in [3.63, 3.8) is 0 Å². The van der Waals surface area contributed by atoms with Gasteiger partial charge in [0.25, 0.3) is 0 Å². The Morgan fingerprint density at radius 3 is 2.36 bits per heavy atom. The molecule has 22 heavy (non-hydrogen) atoms. The zero-order valence-electron chi connectivity index (χ0n) is 11.2. The van der Waals surface area contributed by atoms with Gasteiger partial charge in [-0.2, -0.15) is 0 Å². The molecular formula is C18H9BrCl2O. The van der Waals surface area contributed by atoms with E-state index in [0.29, 0.717) is 10.0 Å². The van der Waals surface area contributed by atoms with Gasteiger partial charge in [0.15, 0.2) is 0 Å². The molecule has 0 saturated carbocycles. The van der Waals surface area contributed by atoms with Crippen LogP contribution in [0, 0.1) is 0 Å². The van der Waals surface area contributed by atoms with E-state index >= 15 is 0 Å². The van der Waals surface area contributed by atoms with Crippen molar-refractivity contribution in [1.82, 2.24) is 0 Å². The Morgan fingerprint density at radius 1 is 0.773 bits per heavy atom. The largest absolute Gasteiger partial charge is 0.456 e. The predicted octanol–water partition coefficient (Wildman–Crippen LogP) is 7.32. The van der Waals surface area contributed by atoms with Crippen LogP contribution in [0.25, 0.3) is 33.1 Å². The minimum absolute atomic E-state index is 0.523. The van der Waals surface area contributed by atoms with Gasteiger partial charge in [0.1, 0.15) is 11.2 Å². The Balaban J connectivity index is 1.94. The highest BCUT2D eigenvalue weighted by Gasteiger charge is 2.10. The first-order chi connectivity index (χ1) is 10.6. The van der Waals surface area contributed by atoms with Gasteiger partial charge < -0.3 is 4.42 Å².